The smallest absolute Gasteiger partial charge is 0.202 e. The van der Waals surface area contributed by atoms with Crippen LogP contribution >= 0.6 is 0 Å². The average molecular weight is 604 g/mol. The molecule has 1 aliphatic heterocycles. The minimum absolute atomic E-state index is 0.0229. The quantitative estimate of drug-likeness (QED) is 0.204. The number of phenols is 2. The summed E-state index contributed by atoms with van der Waals surface area (Å²) in [4.78, 5) is 40.5. The second-order valence-corrected chi connectivity index (χ2v) is 11.7. The van der Waals surface area contributed by atoms with Crippen LogP contribution in [0.5, 0.6) is 17.2 Å². The number of Topliss-reactive ketones (excluding diaryl/α,β-unsaturated/α-hetero) is 1. The Labute approximate surface area is 252 Å². The molecule has 0 unspecified atom stereocenters. The van der Waals surface area contributed by atoms with Gasteiger partial charge in [-0.05, 0) is 25.5 Å². The zero-order valence-corrected chi connectivity index (χ0v) is 24.1. The first-order valence-electron chi connectivity index (χ1n) is 14.4. The number of nitrogens with two attached hydrogens (primary N) is 1. The highest BCUT2D eigenvalue weighted by atomic mass is 16.7. The first kappa shape index (κ1) is 29.9. The molecule has 0 saturated carbocycles. The normalized spacial score (nSPS) is 27.7. The molecule has 0 amide bonds. The summed E-state index contributed by atoms with van der Waals surface area (Å²) in [6.45, 7) is 2.91. The summed E-state index contributed by atoms with van der Waals surface area (Å²) in [7, 11) is 0. The minimum Gasteiger partial charge on any atom is -0.507 e. The van der Waals surface area contributed by atoms with E-state index in [4.69, 9.17) is 19.9 Å². The van der Waals surface area contributed by atoms with Crippen LogP contribution in [0.25, 0.3) is 0 Å². The zero-order chi connectivity index (χ0) is 31.5. The number of rotatable bonds is 6. The largest absolute Gasteiger partial charge is 0.507 e. The van der Waals surface area contributed by atoms with Gasteiger partial charge in [0.05, 0.1) is 35.0 Å². The van der Waals surface area contributed by atoms with Gasteiger partial charge in [0.1, 0.15) is 29.5 Å². The SMILES string of the molecule is CC(=O)[C@]1(O)Cc2c(O)c3c(c(O)c2[C@@H](O[C@H]2C[C@H](N)[C@H](O)[C@H](C)O2)C1)C(=O)c1c(OCc2ccccc2)cccc1C3=O. The highest BCUT2D eigenvalue weighted by molar-refractivity contribution is 6.31. The predicted molar refractivity (Wildman–Crippen MR) is 155 cm³/mol. The second kappa shape index (κ2) is 11.1. The molecule has 1 heterocycles. The molecule has 1 fully saturated rings. The van der Waals surface area contributed by atoms with Crippen LogP contribution in [0.1, 0.15) is 81.3 Å². The average Bonchev–Trinajstić information content (AvgIpc) is 2.99. The Morgan fingerprint density at radius 3 is 2.41 bits per heavy atom. The maximum atomic E-state index is 14.1. The molecule has 3 aromatic carbocycles. The zero-order valence-electron chi connectivity index (χ0n) is 24.1. The van der Waals surface area contributed by atoms with E-state index in [9.17, 15) is 34.8 Å². The standard InChI is InChI=1S/C33H33NO10/c1-15-28(36)20(34)11-23(43-15)44-22-13-33(41,16(2)35)12-19-25(22)32(40)27-26(30(19)38)29(37)18-9-6-10-21(24(18)31(27)39)42-14-17-7-4-3-5-8-17/h3-10,15,20,22-23,28,36,38,40-41H,11-14,34H2,1-2H3/t15-,20-,22-,23-,28+,33-/m0/s1. The van der Waals surface area contributed by atoms with Crippen LogP contribution in [0.4, 0.5) is 0 Å². The first-order chi connectivity index (χ1) is 20.9. The first-order valence-corrected chi connectivity index (χ1v) is 14.4. The van der Waals surface area contributed by atoms with Crippen LogP contribution in [0.3, 0.4) is 0 Å². The van der Waals surface area contributed by atoms with E-state index in [1.807, 2.05) is 30.3 Å². The number of hydrogen-bond acceptors (Lipinski definition) is 11. The Morgan fingerprint density at radius 1 is 1.02 bits per heavy atom. The summed E-state index contributed by atoms with van der Waals surface area (Å²) in [6.07, 6.45) is -4.62. The third-order valence-corrected chi connectivity index (χ3v) is 8.82. The minimum atomic E-state index is -2.02. The van der Waals surface area contributed by atoms with Gasteiger partial charge in [0.25, 0.3) is 0 Å². The second-order valence-electron chi connectivity index (χ2n) is 11.7. The van der Waals surface area contributed by atoms with Crippen molar-refractivity contribution in [2.45, 2.75) is 76.0 Å². The summed E-state index contributed by atoms with van der Waals surface area (Å²) in [5.74, 6) is -3.21. The number of phenolic OH excluding ortho intramolecular Hbond substituents is 2. The van der Waals surface area contributed by atoms with Crippen LogP contribution in [0, 0.1) is 0 Å². The number of hydrogen-bond donors (Lipinski definition) is 5. The number of aliphatic hydroxyl groups is 2. The number of carbonyl (C=O) groups excluding carboxylic acids is 3. The Morgan fingerprint density at radius 2 is 1.73 bits per heavy atom. The summed E-state index contributed by atoms with van der Waals surface area (Å²) in [5.41, 5.74) is 3.79. The molecular formula is C33H33NO10. The van der Waals surface area contributed by atoms with Gasteiger partial charge in [-0.2, -0.15) is 0 Å². The third kappa shape index (κ3) is 4.86. The van der Waals surface area contributed by atoms with Crippen LogP contribution in [-0.4, -0.2) is 67.9 Å². The van der Waals surface area contributed by atoms with E-state index in [1.54, 1.807) is 19.1 Å². The van der Waals surface area contributed by atoms with Gasteiger partial charge in [0.15, 0.2) is 17.9 Å². The van der Waals surface area contributed by atoms with Crippen molar-refractivity contribution in [3.05, 3.63) is 87.5 Å². The van der Waals surface area contributed by atoms with Crippen molar-refractivity contribution >= 4 is 17.3 Å². The summed E-state index contributed by atoms with van der Waals surface area (Å²) in [6, 6.07) is 13.1. The number of aromatic hydroxyl groups is 2. The topological polar surface area (TPSA) is 186 Å². The van der Waals surface area contributed by atoms with Crippen molar-refractivity contribution in [1.82, 2.24) is 0 Å². The molecular weight excluding hydrogens is 570 g/mol. The monoisotopic (exact) mass is 603 g/mol. The van der Waals surface area contributed by atoms with Crippen molar-refractivity contribution in [2.24, 2.45) is 5.73 Å². The molecule has 44 heavy (non-hydrogen) atoms. The van der Waals surface area contributed by atoms with Crippen molar-refractivity contribution in [2.75, 3.05) is 0 Å². The number of ketones is 3. The molecule has 0 bridgehead atoms. The fraction of sp³-hybridized carbons (Fsp3) is 0.364. The lowest BCUT2D eigenvalue weighted by molar-refractivity contribution is -0.247. The van der Waals surface area contributed by atoms with Gasteiger partial charge in [-0.15, -0.1) is 0 Å². The van der Waals surface area contributed by atoms with Crippen LogP contribution in [0.2, 0.25) is 0 Å². The highest BCUT2D eigenvalue weighted by Crippen LogP contribution is 2.52. The molecule has 11 nitrogen and oxygen atoms in total. The Balaban J connectivity index is 1.45. The van der Waals surface area contributed by atoms with E-state index in [-0.39, 0.29) is 47.5 Å². The van der Waals surface area contributed by atoms with Gasteiger partial charge in [-0.25, -0.2) is 0 Å². The van der Waals surface area contributed by atoms with E-state index in [0.29, 0.717) is 0 Å². The molecule has 230 valence electrons. The fourth-order valence-corrected chi connectivity index (χ4v) is 6.34. The lowest BCUT2D eigenvalue weighted by Crippen LogP contribution is -2.52. The molecule has 0 aromatic heterocycles. The van der Waals surface area contributed by atoms with Crippen LogP contribution in [0.15, 0.2) is 48.5 Å². The fourth-order valence-electron chi connectivity index (χ4n) is 6.34. The molecule has 0 spiro atoms. The van der Waals surface area contributed by atoms with Gasteiger partial charge in [0.2, 0.25) is 5.78 Å². The Bertz CT molecular complexity index is 1660. The van der Waals surface area contributed by atoms with E-state index in [0.717, 1.165) is 5.56 Å². The highest BCUT2D eigenvalue weighted by Gasteiger charge is 2.49. The number of ether oxygens (including phenoxy) is 3. The number of aliphatic hydroxyl groups excluding tert-OH is 1. The molecule has 6 rings (SSSR count). The maximum Gasteiger partial charge on any atom is 0.202 e. The van der Waals surface area contributed by atoms with E-state index in [1.165, 1.54) is 13.0 Å². The van der Waals surface area contributed by atoms with Crippen molar-refractivity contribution in [1.29, 1.82) is 0 Å². The van der Waals surface area contributed by atoms with Gasteiger partial charge in [-0.1, -0.05) is 42.5 Å². The Kier molecular flexibility index (Phi) is 7.55. The third-order valence-electron chi connectivity index (χ3n) is 8.82. The van der Waals surface area contributed by atoms with E-state index in [2.05, 4.69) is 0 Å². The molecule has 0 radical (unpaired) electrons. The number of carbonyl (C=O) groups is 3. The summed E-state index contributed by atoms with van der Waals surface area (Å²) >= 11 is 0. The number of benzene rings is 3. The van der Waals surface area contributed by atoms with Crippen LogP contribution < -0.4 is 10.5 Å². The van der Waals surface area contributed by atoms with E-state index >= 15 is 0 Å². The van der Waals surface area contributed by atoms with Gasteiger partial charge >= 0.3 is 0 Å². The molecule has 1 saturated heterocycles. The molecule has 3 aromatic rings. The molecule has 6 atom stereocenters. The predicted octanol–water partition coefficient (Wildman–Crippen LogP) is 2.60. The Hall–Kier alpha value is -4.13. The lowest BCUT2D eigenvalue weighted by atomic mass is 9.72. The van der Waals surface area contributed by atoms with Gasteiger partial charge in [0, 0.05) is 42.0 Å². The maximum absolute atomic E-state index is 14.1. The molecule has 11 heteroatoms. The lowest BCUT2D eigenvalue weighted by Gasteiger charge is -2.42. The summed E-state index contributed by atoms with van der Waals surface area (Å²) in [5, 5.41) is 44.8. The summed E-state index contributed by atoms with van der Waals surface area (Å²) < 4.78 is 17.9. The van der Waals surface area contributed by atoms with Crippen molar-refractivity contribution in [3.63, 3.8) is 0 Å². The molecule has 6 N–H and O–H groups in total. The molecule has 2 aliphatic carbocycles. The molecule has 3 aliphatic rings. The van der Waals surface area contributed by atoms with Crippen molar-refractivity contribution < 1.29 is 49.0 Å². The van der Waals surface area contributed by atoms with Gasteiger partial charge < -0.3 is 40.4 Å². The van der Waals surface area contributed by atoms with Crippen molar-refractivity contribution in [3.8, 4) is 17.2 Å². The van der Waals surface area contributed by atoms with Crippen LogP contribution in [-0.2, 0) is 27.3 Å². The number of fused-ring (bicyclic) bond motifs is 3. The van der Waals surface area contributed by atoms with Gasteiger partial charge in [-0.3, -0.25) is 14.4 Å². The van der Waals surface area contributed by atoms with E-state index < -0.39 is 82.6 Å².